The van der Waals surface area contributed by atoms with Crippen molar-refractivity contribution in [2.45, 2.75) is 19.9 Å². The van der Waals surface area contributed by atoms with Crippen LogP contribution in [0.25, 0.3) is 6.08 Å². The quantitative estimate of drug-likeness (QED) is 0.508. The zero-order chi connectivity index (χ0) is 22.2. The van der Waals surface area contributed by atoms with E-state index >= 15 is 0 Å². The van der Waals surface area contributed by atoms with Crippen LogP contribution in [0.3, 0.4) is 0 Å². The van der Waals surface area contributed by atoms with E-state index in [4.69, 9.17) is 9.47 Å². The van der Waals surface area contributed by atoms with E-state index < -0.39 is 0 Å². The predicted octanol–water partition coefficient (Wildman–Crippen LogP) is 5.13. The lowest BCUT2D eigenvalue weighted by Gasteiger charge is -2.30. The molecule has 3 heterocycles. The molecule has 6 heteroatoms. The molecule has 0 aliphatic carbocycles. The second kappa shape index (κ2) is 8.45. The number of fused-ring (bicyclic) bond motifs is 2. The Labute approximate surface area is 192 Å². The van der Waals surface area contributed by atoms with E-state index in [1.807, 2.05) is 62.3 Å². The number of carbonyl (C=O) groups is 1. The molecule has 0 bridgehead atoms. The zero-order valence-electron chi connectivity index (χ0n) is 18.6. The number of hydrogen-bond donors (Lipinski definition) is 0. The lowest BCUT2D eigenvalue weighted by molar-refractivity contribution is 0.0956. The van der Waals surface area contributed by atoms with E-state index in [0.29, 0.717) is 23.8 Å². The number of benzene rings is 2. The van der Waals surface area contributed by atoms with Gasteiger partial charge in [-0.2, -0.15) is 0 Å². The van der Waals surface area contributed by atoms with Crippen molar-refractivity contribution < 1.29 is 14.3 Å². The summed E-state index contributed by atoms with van der Waals surface area (Å²) in [5.74, 6) is 1.76. The smallest absolute Gasteiger partial charge is 0.231 e. The molecule has 0 unspecified atom stereocenters. The minimum Gasteiger partial charge on any atom is -0.477 e. The van der Waals surface area contributed by atoms with E-state index in [-0.39, 0.29) is 5.78 Å². The first-order valence-electron chi connectivity index (χ1n) is 10.8. The molecule has 0 N–H and O–H groups in total. The Kier molecular flexibility index (Phi) is 5.49. The molecule has 32 heavy (non-hydrogen) atoms. The maximum Gasteiger partial charge on any atom is 0.231 e. The monoisotopic (exact) mass is 446 g/mol. The maximum atomic E-state index is 13.1. The molecule has 2 aromatic carbocycles. The molecule has 0 amide bonds. The van der Waals surface area contributed by atoms with Crippen molar-refractivity contribution in [2.24, 2.45) is 0 Å². The summed E-state index contributed by atoms with van der Waals surface area (Å²) in [5.41, 5.74) is 4.62. The summed E-state index contributed by atoms with van der Waals surface area (Å²) < 4.78 is 12.1. The Morgan fingerprint density at radius 1 is 1.16 bits per heavy atom. The third-order valence-corrected chi connectivity index (χ3v) is 6.90. The highest BCUT2D eigenvalue weighted by Crippen LogP contribution is 2.43. The van der Waals surface area contributed by atoms with Gasteiger partial charge in [0.2, 0.25) is 5.78 Å². The number of carbonyl (C=O) groups excluding carboxylic acids is 1. The topological polar surface area (TPSA) is 42.0 Å². The fourth-order valence-corrected chi connectivity index (χ4v) is 4.88. The van der Waals surface area contributed by atoms with Gasteiger partial charge in [0.05, 0.1) is 5.56 Å². The number of anilines is 1. The number of hydrogen-bond acceptors (Lipinski definition) is 6. The molecule has 164 valence electrons. The van der Waals surface area contributed by atoms with E-state index in [2.05, 4.69) is 22.4 Å². The largest absolute Gasteiger partial charge is 0.477 e. The zero-order valence-corrected chi connectivity index (χ0v) is 19.4. The summed E-state index contributed by atoms with van der Waals surface area (Å²) in [7, 11) is 4.01. The molecule has 0 saturated carbocycles. The van der Waals surface area contributed by atoms with Gasteiger partial charge in [-0.05, 0) is 54.6 Å². The normalized spacial score (nSPS) is 16.5. The van der Waals surface area contributed by atoms with Crippen molar-refractivity contribution in [3.05, 3.63) is 80.7 Å². The van der Waals surface area contributed by atoms with Gasteiger partial charge in [0, 0.05) is 48.9 Å². The van der Waals surface area contributed by atoms with Crippen LogP contribution in [0.1, 0.15) is 31.9 Å². The van der Waals surface area contributed by atoms with E-state index in [9.17, 15) is 4.79 Å². The first-order chi connectivity index (χ1) is 15.5. The van der Waals surface area contributed by atoms with E-state index in [1.165, 1.54) is 4.88 Å². The summed E-state index contributed by atoms with van der Waals surface area (Å²) in [6.07, 6.45) is 2.82. The van der Waals surface area contributed by atoms with Crippen molar-refractivity contribution in [1.82, 2.24) is 4.90 Å². The van der Waals surface area contributed by atoms with Crippen LogP contribution in [0.4, 0.5) is 5.69 Å². The van der Waals surface area contributed by atoms with Crippen LogP contribution >= 0.6 is 11.3 Å². The number of Topliss-reactive ketones (excluding diaryl/α,β-unsaturated/α-hetero) is 1. The van der Waals surface area contributed by atoms with Gasteiger partial charge in [-0.25, -0.2) is 0 Å². The molecular formula is C26H26N2O3S. The second-order valence-electron chi connectivity index (χ2n) is 8.45. The predicted molar refractivity (Wildman–Crippen MR) is 129 cm³/mol. The van der Waals surface area contributed by atoms with Crippen molar-refractivity contribution in [1.29, 1.82) is 0 Å². The van der Waals surface area contributed by atoms with Gasteiger partial charge in [-0.15, -0.1) is 11.3 Å². The summed E-state index contributed by atoms with van der Waals surface area (Å²) >= 11 is 1.78. The lowest BCUT2D eigenvalue weighted by Crippen LogP contribution is -2.34. The molecule has 5 rings (SSSR count). The number of rotatable bonds is 5. The lowest BCUT2D eigenvalue weighted by atomic mass is 10.00. The molecule has 0 atom stereocenters. The third-order valence-electron chi connectivity index (χ3n) is 5.96. The average Bonchev–Trinajstić information content (AvgIpc) is 3.42. The Morgan fingerprint density at radius 3 is 2.69 bits per heavy atom. The van der Waals surface area contributed by atoms with Crippen LogP contribution in [0.2, 0.25) is 0 Å². The molecule has 1 aromatic heterocycles. The van der Waals surface area contributed by atoms with Crippen LogP contribution in [-0.4, -0.2) is 38.1 Å². The van der Waals surface area contributed by atoms with Gasteiger partial charge in [-0.1, -0.05) is 18.2 Å². The number of ketones is 1. The summed E-state index contributed by atoms with van der Waals surface area (Å²) in [6, 6.07) is 14.2. The van der Waals surface area contributed by atoms with Crippen LogP contribution in [0, 0.1) is 6.92 Å². The third kappa shape index (κ3) is 3.92. The molecule has 0 spiro atoms. The highest BCUT2D eigenvalue weighted by Gasteiger charge is 2.33. The Bertz CT molecular complexity index is 1180. The highest BCUT2D eigenvalue weighted by atomic mass is 32.1. The number of allylic oxidation sites excluding steroid dienone is 1. The average molecular weight is 447 g/mol. The first-order valence-corrected chi connectivity index (χ1v) is 11.6. The molecule has 0 radical (unpaired) electrons. The van der Waals surface area contributed by atoms with Gasteiger partial charge in [0.1, 0.15) is 18.2 Å². The van der Waals surface area contributed by atoms with Crippen molar-refractivity contribution in [3.8, 4) is 11.5 Å². The Balaban J connectivity index is 1.36. The Hall–Kier alpha value is -3.09. The fraction of sp³-hybridized carbons (Fsp3) is 0.269. The minimum absolute atomic E-state index is 0.0710. The Morgan fingerprint density at radius 2 is 1.97 bits per heavy atom. The summed E-state index contributed by atoms with van der Waals surface area (Å²) in [6.45, 7) is 4.22. The summed E-state index contributed by atoms with van der Waals surface area (Å²) in [4.78, 5) is 18.8. The standard InChI is InChI=1S/C26H26N2O3S/c1-17-25-19(15-28(16-30-25)11-10-21-5-4-12-32-21)14-22-24(29)23(31-26(17)22)13-18-6-8-20(9-7-18)27(2)3/h4-9,12-14H,10-11,15-16H2,1-3H3/b23-13-. The van der Waals surface area contributed by atoms with E-state index in [0.717, 1.165) is 47.6 Å². The summed E-state index contributed by atoms with van der Waals surface area (Å²) in [5, 5.41) is 2.11. The second-order valence-corrected chi connectivity index (χ2v) is 9.48. The van der Waals surface area contributed by atoms with Crippen molar-refractivity contribution in [3.63, 3.8) is 0 Å². The number of nitrogens with zero attached hydrogens (tertiary/aromatic N) is 2. The van der Waals surface area contributed by atoms with Crippen LogP contribution < -0.4 is 14.4 Å². The van der Waals surface area contributed by atoms with Crippen molar-refractivity contribution in [2.75, 3.05) is 32.3 Å². The molecule has 5 nitrogen and oxygen atoms in total. The van der Waals surface area contributed by atoms with Crippen molar-refractivity contribution >= 4 is 28.9 Å². The van der Waals surface area contributed by atoms with Gasteiger partial charge >= 0.3 is 0 Å². The highest BCUT2D eigenvalue weighted by molar-refractivity contribution is 7.09. The molecule has 2 aliphatic heterocycles. The minimum atomic E-state index is -0.0710. The number of thiophene rings is 1. The fourth-order valence-electron chi connectivity index (χ4n) is 4.18. The van der Waals surface area contributed by atoms with Gasteiger partial charge in [0.25, 0.3) is 0 Å². The van der Waals surface area contributed by atoms with Crippen LogP contribution in [0.15, 0.2) is 53.6 Å². The molecule has 0 saturated heterocycles. The van der Waals surface area contributed by atoms with Crippen LogP contribution in [-0.2, 0) is 13.0 Å². The maximum absolute atomic E-state index is 13.1. The molecular weight excluding hydrogens is 420 g/mol. The molecule has 2 aliphatic rings. The SMILES string of the molecule is Cc1c2c(cc3c1O/C(=C\c1ccc(N(C)C)cc1)C3=O)CN(CCc1cccs1)CO2. The van der Waals surface area contributed by atoms with Crippen LogP contribution in [0.5, 0.6) is 11.5 Å². The number of ether oxygens (including phenoxy) is 2. The van der Waals surface area contributed by atoms with Gasteiger partial charge in [0.15, 0.2) is 5.76 Å². The van der Waals surface area contributed by atoms with Gasteiger partial charge < -0.3 is 14.4 Å². The molecule has 3 aromatic rings. The van der Waals surface area contributed by atoms with Gasteiger partial charge in [-0.3, -0.25) is 9.69 Å². The van der Waals surface area contributed by atoms with E-state index in [1.54, 1.807) is 11.3 Å². The molecule has 0 fully saturated rings. The first kappa shape index (κ1) is 20.8.